The maximum atomic E-state index is 13.7. The Bertz CT molecular complexity index is 345. The van der Waals surface area contributed by atoms with E-state index in [-0.39, 0.29) is 17.9 Å². The molecule has 0 heterocycles. The van der Waals surface area contributed by atoms with E-state index in [0.29, 0.717) is 5.56 Å². The first kappa shape index (κ1) is 11.0. The van der Waals surface area contributed by atoms with Gasteiger partial charge in [-0.2, -0.15) is 0 Å². The topological polar surface area (TPSA) is 40.5 Å². The van der Waals surface area contributed by atoms with Crippen molar-refractivity contribution in [2.24, 2.45) is 0 Å². The van der Waals surface area contributed by atoms with E-state index < -0.39 is 11.2 Å². The van der Waals surface area contributed by atoms with Crippen molar-refractivity contribution in [2.45, 2.75) is 26.2 Å². The molecule has 0 aliphatic rings. The highest BCUT2D eigenvalue weighted by atomic mass is 19.1. The number of phenolic OH excluding ortho intramolecular Hbond substituents is 1. The summed E-state index contributed by atoms with van der Waals surface area (Å²) in [7, 11) is 0. The van der Waals surface area contributed by atoms with Crippen LogP contribution < -0.4 is 0 Å². The Kier molecular flexibility index (Phi) is 2.81. The normalized spacial score (nSPS) is 11.8. The van der Waals surface area contributed by atoms with Crippen molar-refractivity contribution >= 4 is 0 Å². The molecule has 0 bridgehead atoms. The molecule has 2 N–H and O–H groups in total. The number of aliphatic hydroxyl groups is 1. The van der Waals surface area contributed by atoms with Crippen LogP contribution in [0.4, 0.5) is 4.39 Å². The van der Waals surface area contributed by atoms with Gasteiger partial charge in [0.1, 0.15) is 11.6 Å². The quantitative estimate of drug-likeness (QED) is 0.764. The second kappa shape index (κ2) is 3.58. The lowest BCUT2D eigenvalue weighted by Crippen LogP contribution is -2.24. The summed E-state index contributed by atoms with van der Waals surface area (Å²) in [6.45, 7) is 4.79. The Morgan fingerprint density at radius 3 is 2.43 bits per heavy atom. The van der Waals surface area contributed by atoms with Crippen LogP contribution in [0.1, 0.15) is 25.0 Å². The summed E-state index contributed by atoms with van der Waals surface area (Å²) in [5.41, 5.74) is -0.112. The molecule has 0 atom stereocenters. The summed E-state index contributed by atoms with van der Waals surface area (Å²) >= 11 is 0. The number of halogens is 1. The molecule has 0 radical (unpaired) electrons. The average Bonchev–Trinajstić information content (AvgIpc) is 2.12. The third-order valence-corrected chi connectivity index (χ3v) is 2.39. The fraction of sp³-hybridized carbons (Fsp3) is 0.455. The number of hydrogen-bond acceptors (Lipinski definition) is 2. The van der Waals surface area contributed by atoms with Crippen LogP contribution in [0, 0.1) is 12.7 Å². The SMILES string of the molecule is Cc1ccc(O)c(C(C)(C)CO)c1F. The lowest BCUT2D eigenvalue weighted by Gasteiger charge is -2.24. The van der Waals surface area contributed by atoms with Gasteiger partial charge in [0.05, 0.1) is 6.61 Å². The zero-order valence-corrected chi connectivity index (χ0v) is 8.63. The van der Waals surface area contributed by atoms with Crippen LogP contribution in [0.25, 0.3) is 0 Å². The zero-order valence-electron chi connectivity index (χ0n) is 8.63. The lowest BCUT2D eigenvalue weighted by atomic mass is 9.83. The van der Waals surface area contributed by atoms with Gasteiger partial charge in [0, 0.05) is 11.0 Å². The number of phenols is 1. The van der Waals surface area contributed by atoms with Crippen LogP contribution in [-0.2, 0) is 5.41 Å². The second-order valence-corrected chi connectivity index (χ2v) is 4.13. The van der Waals surface area contributed by atoms with Crippen LogP contribution in [0.15, 0.2) is 12.1 Å². The molecule has 0 aromatic heterocycles. The molecular formula is C11H15FO2. The molecule has 0 saturated heterocycles. The molecule has 0 aliphatic heterocycles. The Hall–Kier alpha value is -1.09. The average molecular weight is 198 g/mol. The van der Waals surface area contributed by atoms with Crippen molar-refractivity contribution in [3.05, 3.63) is 29.1 Å². The van der Waals surface area contributed by atoms with Gasteiger partial charge in [0.2, 0.25) is 0 Å². The monoisotopic (exact) mass is 198 g/mol. The zero-order chi connectivity index (χ0) is 10.9. The summed E-state index contributed by atoms with van der Waals surface area (Å²) in [6.07, 6.45) is 0. The summed E-state index contributed by atoms with van der Waals surface area (Å²) in [5, 5.41) is 18.6. The Balaban J connectivity index is 3.40. The Labute approximate surface area is 83.0 Å². The van der Waals surface area contributed by atoms with Crippen molar-refractivity contribution in [3.8, 4) is 5.75 Å². The van der Waals surface area contributed by atoms with Gasteiger partial charge < -0.3 is 10.2 Å². The number of aryl methyl sites for hydroxylation is 1. The lowest BCUT2D eigenvalue weighted by molar-refractivity contribution is 0.211. The third-order valence-electron chi connectivity index (χ3n) is 2.39. The maximum Gasteiger partial charge on any atom is 0.133 e. The maximum absolute atomic E-state index is 13.7. The van der Waals surface area contributed by atoms with Gasteiger partial charge in [0.15, 0.2) is 0 Å². The number of benzene rings is 1. The first-order chi connectivity index (χ1) is 6.40. The number of aromatic hydroxyl groups is 1. The number of aliphatic hydroxyl groups excluding tert-OH is 1. The Morgan fingerprint density at radius 2 is 1.93 bits per heavy atom. The fourth-order valence-electron chi connectivity index (χ4n) is 1.39. The molecule has 0 fully saturated rings. The highest BCUT2D eigenvalue weighted by Gasteiger charge is 2.27. The van der Waals surface area contributed by atoms with Gasteiger partial charge in [-0.25, -0.2) is 4.39 Å². The summed E-state index contributed by atoms with van der Waals surface area (Å²) in [6, 6.07) is 2.97. The van der Waals surface area contributed by atoms with Gasteiger partial charge in [-0.15, -0.1) is 0 Å². The molecular weight excluding hydrogens is 183 g/mol. The molecule has 3 heteroatoms. The van der Waals surface area contributed by atoms with Gasteiger partial charge in [0.25, 0.3) is 0 Å². The molecule has 0 spiro atoms. The molecule has 0 unspecified atom stereocenters. The fourth-order valence-corrected chi connectivity index (χ4v) is 1.39. The summed E-state index contributed by atoms with van der Waals surface area (Å²) in [4.78, 5) is 0. The van der Waals surface area contributed by atoms with Gasteiger partial charge >= 0.3 is 0 Å². The third kappa shape index (κ3) is 1.73. The predicted molar refractivity (Wildman–Crippen MR) is 52.9 cm³/mol. The largest absolute Gasteiger partial charge is 0.508 e. The van der Waals surface area contributed by atoms with Gasteiger partial charge in [-0.05, 0) is 18.6 Å². The molecule has 1 aromatic rings. The van der Waals surface area contributed by atoms with E-state index in [9.17, 15) is 9.50 Å². The second-order valence-electron chi connectivity index (χ2n) is 4.13. The van der Waals surface area contributed by atoms with Crippen LogP contribution in [0.5, 0.6) is 5.75 Å². The minimum absolute atomic E-state index is 0.104. The molecule has 14 heavy (non-hydrogen) atoms. The first-order valence-corrected chi connectivity index (χ1v) is 4.49. The number of rotatable bonds is 2. The van der Waals surface area contributed by atoms with E-state index >= 15 is 0 Å². The molecule has 78 valence electrons. The van der Waals surface area contributed by atoms with Crippen LogP contribution in [0.2, 0.25) is 0 Å². The standard InChI is InChI=1S/C11H15FO2/c1-7-4-5-8(14)9(10(7)12)11(2,3)6-13/h4-5,13-14H,6H2,1-3H3. The van der Waals surface area contributed by atoms with E-state index in [4.69, 9.17) is 5.11 Å². The van der Waals surface area contributed by atoms with Crippen LogP contribution in [0.3, 0.4) is 0 Å². The van der Waals surface area contributed by atoms with Crippen molar-refractivity contribution in [3.63, 3.8) is 0 Å². The van der Waals surface area contributed by atoms with E-state index in [2.05, 4.69) is 0 Å². The van der Waals surface area contributed by atoms with Crippen LogP contribution >= 0.6 is 0 Å². The van der Waals surface area contributed by atoms with E-state index in [1.807, 2.05) is 0 Å². The van der Waals surface area contributed by atoms with E-state index in [1.54, 1.807) is 20.8 Å². The summed E-state index contributed by atoms with van der Waals surface area (Å²) < 4.78 is 13.7. The Morgan fingerprint density at radius 1 is 1.36 bits per heavy atom. The van der Waals surface area contributed by atoms with Crippen molar-refractivity contribution in [1.29, 1.82) is 0 Å². The highest BCUT2D eigenvalue weighted by molar-refractivity contribution is 5.42. The predicted octanol–water partition coefficient (Wildman–Crippen LogP) is 2.11. The van der Waals surface area contributed by atoms with E-state index in [0.717, 1.165) is 0 Å². The molecule has 1 rings (SSSR count). The molecule has 0 saturated carbocycles. The van der Waals surface area contributed by atoms with Crippen LogP contribution in [-0.4, -0.2) is 16.8 Å². The highest BCUT2D eigenvalue weighted by Crippen LogP contribution is 2.34. The van der Waals surface area contributed by atoms with Crippen molar-refractivity contribution < 1.29 is 14.6 Å². The molecule has 1 aromatic carbocycles. The smallest absolute Gasteiger partial charge is 0.133 e. The number of hydrogen-bond donors (Lipinski definition) is 2. The minimum atomic E-state index is -0.764. The minimum Gasteiger partial charge on any atom is -0.508 e. The van der Waals surface area contributed by atoms with Gasteiger partial charge in [-0.3, -0.25) is 0 Å². The molecule has 2 nitrogen and oxygen atoms in total. The molecule has 0 aliphatic carbocycles. The van der Waals surface area contributed by atoms with E-state index in [1.165, 1.54) is 12.1 Å². The first-order valence-electron chi connectivity index (χ1n) is 4.49. The van der Waals surface area contributed by atoms with Gasteiger partial charge in [-0.1, -0.05) is 19.9 Å². The van der Waals surface area contributed by atoms with Crippen molar-refractivity contribution in [2.75, 3.05) is 6.61 Å². The summed E-state index contributed by atoms with van der Waals surface area (Å²) in [5.74, 6) is -0.545. The van der Waals surface area contributed by atoms with Crippen molar-refractivity contribution in [1.82, 2.24) is 0 Å². The molecule has 0 amide bonds.